The van der Waals surface area contributed by atoms with Gasteiger partial charge in [-0.3, -0.25) is 9.59 Å². The number of rotatable bonds is 9. The monoisotopic (exact) mass is 449 g/mol. The number of phenols is 1. The third-order valence-electron chi connectivity index (χ3n) is 4.59. The number of nitrogens with one attached hydrogen (secondary N) is 2. The van der Waals surface area contributed by atoms with Crippen LogP contribution in [0.25, 0.3) is 0 Å². The highest BCUT2D eigenvalue weighted by molar-refractivity contribution is 5.91. The second-order valence-corrected chi connectivity index (χ2v) is 9.75. The average molecular weight is 450 g/mol. The van der Waals surface area contributed by atoms with Crippen molar-refractivity contribution in [3.63, 3.8) is 0 Å². The maximum atomic E-state index is 13.3. The number of para-hydroxylation sites is 1. The van der Waals surface area contributed by atoms with Crippen molar-refractivity contribution in [2.24, 2.45) is 0 Å². The minimum Gasteiger partial charge on any atom is -0.508 e. The summed E-state index contributed by atoms with van der Waals surface area (Å²) < 4.78 is 5.20. The van der Waals surface area contributed by atoms with Crippen molar-refractivity contribution in [1.29, 1.82) is 0 Å². The van der Waals surface area contributed by atoms with Gasteiger partial charge in [0.25, 0.3) is 0 Å². The first-order valence-electron chi connectivity index (χ1n) is 11.1. The molecule has 180 valence electrons. The zero-order valence-electron chi connectivity index (χ0n) is 20.4. The lowest BCUT2D eigenvalue weighted by molar-refractivity contribution is -0.146. The molecule has 0 bridgehead atoms. The van der Waals surface area contributed by atoms with Crippen molar-refractivity contribution in [2.75, 3.05) is 13.1 Å². The van der Waals surface area contributed by atoms with E-state index in [2.05, 4.69) is 17.6 Å². The molecule has 1 rings (SSSR count). The number of alkyl carbamates (subject to hydrolysis) is 1. The first-order valence-corrected chi connectivity index (χ1v) is 11.1. The molecule has 0 heterocycles. The van der Waals surface area contributed by atoms with Gasteiger partial charge in [-0.2, -0.15) is 0 Å². The van der Waals surface area contributed by atoms with E-state index in [9.17, 15) is 19.5 Å². The summed E-state index contributed by atoms with van der Waals surface area (Å²) in [7, 11) is 0. The summed E-state index contributed by atoms with van der Waals surface area (Å²) in [5, 5.41) is 15.8. The molecular formula is C24H39N3O5. The number of hydrogen-bond donors (Lipinski definition) is 3. The third-order valence-corrected chi connectivity index (χ3v) is 4.59. The molecule has 1 aromatic rings. The predicted molar refractivity (Wildman–Crippen MR) is 124 cm³/mol. The molecule has 0 saturated carbocycles. The maximum Gasteiger partial charge on any atom is 0.408 e. The zero-order chi connectivity index (χ0) is 24.5. The van der Waals surface area contributed by atoms with Crippen LogP contribution in [0.3, 0.4) is 0 Å². The minimum atomic E-state index is -1.06. The topological polar surface area (TPSA) is 108 Å². The summed E-state index contributed by atoms with van der Waals surface area (Å²) in [6.45, 7) is 12.8. The molecule has 0 fully saturated rings. The smallest absolute Gasteiger partial charge is 0.408 e. The van der Waals surface area contributed by atoms with Gasteiger partial charge in [0.05, 0.1) is 0 Å². The van der Waals surface area contributed by atoms with Crippen LogP contribution < -0.4 is 10.6 Å². The van der Waals surface area contributed by atoms with Gasteiger partial charge >= 0.3 is 6.09 Å². The van der Waals surface area contributed by atoms with E-state index in [4.69, 9.17) is 4.74 Å². The van der Waals surface area contributed by atoms with Crippen molar-refractivity contribution in [3.8, 4) is 5.75 Å². The van der Waals surface area contributed by atoms with Crippen LogP contribution in [0.5, 0.6) is 5.75 Å². The minimum absolute atomic E-state index is 0.0802. The van der Waals surface area contributed by atoms with E-state index in [1.165, 1.54) is 11.0 Å². The lowest BCUT2D eigenvalue weighted by Gasteiger charge is -2.41. The molecule has 0 aliphatic rings. The number of hydrogen-bond acceptors (Lipinski definition) is 5. The number of benzene rings is 1. The Bertz CT molecular complexity index is 781. The fourth-order valence-corrected chi connectivity index (χ4v) is 3.25. The second kappa shape index (κ2) is 11.7. The number of unbranched alkanes of at least 4 members (excludes halogenated alkanes) is 2. The summed E-state index contributed by atoms with van der Waals surface area (Å²) in [5.41, 5.74) is -1.16. The normalized spacial score (nSPS) is 12.6. The Balaban J connectivity index is 3.21. The lowest BCUT2D eigenvalue weighted by Crippen LogP contribution is -2.55. The number of carbonyl (C=O) groups excluding carboxylic acids is 3. The van der Waals surface area contributed by atoms with Crippen LogP contribution in [0.4, 0.5) is 4.79 Å². The van der Waals surface area contributed by atoms with Gasteiger partial charge in [0.15, 0.2) is 0 Å². The third kappa shape index (κ3) is 8.77. The Morgan fingerprint density at radius 1 is 1.03 bits per heavy atom. The van der Waals surface area contributed by atoms with Crippen molar-refractivity contribution >= 4 is 17.9 Å². The molecule has 1 aromatic carbocycles. The molecule has 0 aromatic heterocycles. The van der Waals surface area contributed by atoms with Gasteiger partial charge in [-0.15, -0.1) is 0 Å². The number of carbonyl (C=O) groups is 3. The first-order chi connectivity index (χ1) is 14.8. The van der Waals surface area contributed by atoms with Gasteiger partial charge in [0.1, 0.15) is 23.9 Å². The molecule has 0 saturated heterocycles. The van der Waals surface area contributed by atoms with Gasteiger partial charge in [0.2, 0.25) is 11.8 Å². The highest BCUT2D eigenvalue weighted by Gasteiger charge is 2.39. The second-order valence-electron chi connectivity index (χ2n) is 9.75. The van der Waals surface area contributed by atoms with Crippen LogP contribution in [-0.2, 0) is 14.3 Å². The molecule has 3 N–H and O–H groups in total. The van der Waals surface area contributed by atoms with Gasteiger partial charge < -0.3 is 25.4 Å². The van der Waals surface area contributed by atoms with Crippen molar-refractivity contribution in [3.05, 3.63) is 29.8 Å². The van der Waals surface area contributed by atoms with E-state index in [0.29, 0.717) is 12.1 Å². The predicted octanol–water partition coefficient (Wildman–Crippen LogP) is 3.89. The number of aromatic hydroxyl groups is 1. The SMILES string of the molecule is CCCCCNC(=O)C(c1ccccc1O)N(C(=O)CNC(=O)OC(C)(C)C)C(C)(C)C. The van der Waals surface area contributed by atoms with Crippen molar-refractivity contribution < 1.29 is 24.2 Å². The summed E-state index contributed by atoms with van der Waals surface area (Å²) in [4.78, 5) is 40.0. The summed E-state index contributed by atoms with van der Waals surface area (Å²) in [5.74, 6) is -0.938. The molecule has 8 heteroatoms. The number of nitrogens with zero attached hydrogens (tertiary/aromatic N) is 1. The molecule has 3 amide bonds. The molecule has 8 nitrogen and oxygen atoms in total. The quantitative estimate of drug-likeness (QED) is 0.496. The van der Waals surface area contributed by atoms with E-state index in [1.54, 1.807) is 59.7 Å². The van der Waals surface area contributed by atoms with Crippen LogP contribution in [0.2, 0.25) is 0 Å². The van der Waals surface area contributed by atoms with E-state index in [0.717, 1.165) is 19.3 Å². The lowest BCUT2D eigenvalue weighted by atomic mass is 9.96. The first kappa shape index (κ1) is 27.3. The average Bonchev–Trinajstić information content (AvgIpc) is 2.66. The molecule has 32 heavy (non-hydrogen) atoms. The number of phenolic OH excluding ortho intramolecular Hbond substituents is 1. The summed E-state index contributed by atoms with van der Waals surface area (Å²) in [6, 6.07) is 5.40. The Hall–Kier alpha value is -2.77. The molecular weight excluding hydrogens is 410 g/mol. The van der Waals surface area contributed by atoms with Crippen LogP contribution in [0, 0.1) is 0 Å². The highest BCUT2D eigenvalue weighted by atomic mass is 16.6. The largest absolute Gasteiger partial charge is 0.508 e. The molecule has 0 radical (unpaired) electrons. The Kier molecular flexibility index (Phi) is 10.0. The molecule has 0 aliphatic heterocycles. The Labute approximate surface area is 191 Å². The highest BCUT2D eigenvalue weighted by Crippen LogP contribution is 2.33. The van der Waals surface area contributed by atoms with E-state index in [1.807, 2.05) is 0 Å². The van der Waals surface area contributed by atoms with Gasteiger partial charge in [0, 0.05) is 17.6 Å². The van der Waals surface area contributed by atoms with Gasteiger partial charge in [-0.05, 0) is 54.0 Å². The Morgan fingerprint density at radius 3 is 2.19 bits per heavy atom. The van der Waals surface area contributed by atoms with E-state index >= 15 is 0 Å². The number of ether oxygens (including phenoxy) is 1. The van der Waals surface area contributed by atoms with Gasteiger partial charge in [-0.1, -0.05) is 38.0 Å². The van der Waals surface area contributed by atoms with Gasteiger partial charge in [-0.25, -0.2) is 4.79 Å². The van der Waals surface area contributed by atoms with Crippen molar-refractivity contribution in [1.82, 2.24) is 15.5 Å². The Morgan fingerprint density at radius 2 is 1.66 bits per heavy atom. The number of amides is 3. The fourth-order valence-electron chi connectivity index (χ4n) is 3.25. The molecule has 1 atom stereocenters. The maximum absolute atomic E-state index is 13.3. The molecule has 0 spiro atoms. The van der Waals surface area contributed by atoms with Crippen LogP contribution in [-0.4, -0.2) is 52.1 Å². The van der Waals surface area contributed by atoms with Crippen LogP contribution >= 0.6 is 0 Å². The summed E-state index contributed by atoms with van der Waals surface area (Å²) in [6.07, 6.45) is 2.09. The standard InChI is InChI=1S/C24H39N3O5/c1-8-9-12-15-25-21(30)20(17-13-10-11-14-18(17)28)27(23(2,3)4)19(29)16-26-22(31)32-24(5,6)7/h10-11,13-14,20,28H,8-9,12,15-16H2,1-7H3,(H,25,30)(H,26,31). The molecule has 0 aliphatic carbocycles. The van der Waals surface area contributed by atoms with E-state index in [-0.39, 0.29) is 18.2 Å². The van der Waals surface area contributed by atoms with Crippen LogP contribution in [0.1, 0.15) is 79.3 Å². The fraction of sp³-hybridized carbons (Fsp3) is 0.625. The van der Waals surface area contributed by atoms with E-state index < -0.39 is 29.2 Å². The zero-order valence-corrected chi connectivity index (χ0v) is 20.4. The van der Waals surface area contributed by atoms with Crippen molar-refractivity contribution in [2.45, 2.75) is 84.9 Å². The summed E-state index contributed by atoms with van der Waals surface area (Å²) >= 11 is 0. The van der Waals surface area contributed by atoms with Crippen LogP contribution in [0.15, 0.2) is 24.3 Å². The molecule has 1 unspecified atom stereocenters.